The van der Waals surface area contributed by atoms with Crippen LogP contribution in [0, 0.1) is 0 Å². The Morgan fingerprint density at radius 3 is 2.25 bits per heavy atom. The van der Waals surface area contributed by atoms with Gasteiger partial charge in [0.1, 0.15) is 0 Å². The molecule has 0 amide bonds. The van der Waals surface area contributed by atoms with E-state index in [4.69, 9.17) is 28.3 Å². The zero-order valence-electron chi connectivity index (χ0n) is 10.2. The number of rotatable bonds is 4. The Morgan fingerprint density at radius 1 is 1.05 bits per heavy atom. The topological polar surface area (TPSA) is 69.6 Å². The van der Waals surface area contributed by atoms with Crippen LogP contribution in [-0.4, -0.2) is 16.2 Å². The van der Waals surface area contributed by atoms with Crippen LogP contribution in [0.1, 0.15) is 11.7 Å². The maximum atomic E-state index is 10.9. The molecule has 0 radical (unpaired) electrons. The lowest BCUT2D eigenvalue weighted by atomic mass is 10.1. The number of aliphatic hydroxyl groups is 1. The zero-order valence-corrected chi connectivity index (χ0v) is 11.7. The van der Waals surface area contributed by atoms with Gasteiger partial charge >= 0.3 is 5.97 Å². The first kappa shape index (κ1) is 14.7. The van der Waals surface area contributed by atoms with E-state index in [1.54, 1.807) is 36.4 Å². The van der Waals surface area contributed by atoms with Gasteiger partial charge < -0.3 is 15.5 Å². The highest BCUT2D eigenvalue weighted by atomic mass is 35.5. The van der Waals surface area contributed by atoms with Crippen molar-refractivity contribution in [3.05, 3.63) is 58.1 Å². The molecule has 2 aromatic rings. The molecule has 0 aliphatic carbocycles. The smallest absolute Gasteiger partial charge is 0.337 e. The van der Waals surface area contributed by atoms with Crippen LogP contribution in [0.5, 0.6) is 0 Å². The first-order valence-electron chi connectivity index (χ1n) is 5.71. The summed E-state index contributed by atoms with van der Waals surface area (Å²) in [4.78, 5) is 10.9. The number of carbonyl (C=O) groups is 1. The minimum absolute atomic E-state index is 0.232. The van der Waals surface area contributed by atoms with E-state index in [1.165, 1.54) is 6.07 Å². The summed E-state index contributed by atoms with van der Waals surface area (Å²) in [5.74, 6) is -1.33. The molecule has 1 unspecified atom stereocenters. The Kier molecular flexibility index (Phi) is 4.49. The van der Waals surface area contributed by atoms with Crippen LogP contribution in [0.15, 0.2) is 42.5 Å². The molecule has 0 fully saturated rings. The van der Waals surface area contributed by atoms with E-state index >= 15 is 0 Å². The molecule has 0 bridgehead atoms. The summed E-state index contributed by atoms with van der Waals surface area (Å²) in [6, 6.07) is 11.5. The second-order valence-corrected chi connectivity index (χ2v) is 4.86. The molecule has 2 rings (SSSR count). The number of benzene rings is 2. The van der Waals surface area contributed by atoms with Crippen LogP contribution in [0.25, 0.3) is 0 Å². The van der Waals surface area contributed by atoms with Crippen molar-refractivity contribution in [1.82, 2.24) is 0 Å². The van der Waals surface area contributed by atoms with E-state index in [2.05, 4.69) is 5.32 Å². The molecule has 1 atom stereocenters. The van der Waals surface area contributed by atoms with E-state index in [-0.39, 0.29) is 5.56 Å². The van der Waals surface area contributed by atoms with Crippen molar-refractivity contribution >= 4 is 40.5 Å². The second kappa shape index (κ2) is 6.13. The quantitative estimate of drug-likeness (QED) is 0.802. The monoisotopic (exact) mass is 311 g/mol. The second-order valence-electron chi connectivity index (χ2n) is 4.05. The number of hydrogen-bond acceptors (Lipinski definition) is 3. The Hall–Kier alpha value is -1.75. The van der Waals surface area contributed by atoms with Gasteiger partial charge in [0.15, 0.2) is 6.10 Å². The summed E-state index contributed by atoms with van der Waals surface area (Å²) in [5, 5.41) is 22.4. The van der Waals surface area contributed by atoms with Crippen molar-refractivity contribution in [2.45, 2.75) is 6.10 Å². The minimum atomic E-state index is -1.63. The number of halogens is 2. The Labute approximate surface area is 125 Å². The molecule has 0 saturated carbocycles. The normalized spacial score (nSPS) is 11.9. The lowest BCUT2D eigenvalue weighted by Gasteiger charge is -2.15. The largest absolute Gasteiger partial charge is 0.479 e. The fourth-order valence-corrected chi connectivity index (χ4v) is 2.23. The van der Waals surface area contributed by atoms with E-state index in [1.807, 2.05) is 0 Å². The van der Waals surface area contributed by atoms with Crippen molar-refractivity contribution in [2.24, 2.45) is 0 Å². The summed E-state index contributed by atoms with van der Waals surface area (Å²) in [6.45, 7) is 0. The summed E-state index contributed by atoms with van der Waals surface area (Å²) < 4.78 is 0. The molecule has 4 nitrogen and oxygen atoms in total. The number of anilines is 2. The predicted molar refractivity (Wildman–Crippen MR) is 78.8 cm³/mol. The molecule has 0 spiro atoms. The van der Waals surface area contributed by atoms with Gasteiger partial charge in [-0.2, -0.15) is 0 Å². The van der Waals surface area contributed by atoms with Crippen molar-refractivity contribution in [3.8, 4) is 0 Å². The molecule has 20 heavy (non-hydrogen) atoms. The Bertz CT molecular complexity index is 626. The van der Waals surface area contributed by atoms with Crippen LogP contribution < -0.4 is 5.32 Å². The van der Waals surface area contributed by atoms with E-state index < -0.39 is 12.1 Å². The third kappa shape index (κ3) is 3.04. The van der Waals surface area contributed by atoms with Crippen LogP contribution in [-0.2, 0) is 4.79 Å². The average Bonchev–Trinajstić information content (AvgIpc) is 2.42. The first-order valence-corrected chi connectivity index (χ1v) is 6.47. The number of carboxylic acid groups (broad SMARTS) is 1. The summed E-state index contributed by atoms with van der Waals surface area (Å²) in [7, 11) is 0. The predicted octanol–water partition coefficient (Wildman–Crippen LogP) is 3.86. The molecule has 6 heteroatoms. The fourth-order valence-electron chi connectivity index (χ4n) is 1.73. The Balaban J connectivity index is 2.42. The Morgan fingerprint density at radius 2 is 1.65 bits per heavy atom. The molecule has 104 valence electrons. The average molecular weight is 312 g/mol. The maximum absolute atomic E-state index is 10.9. The van der Waals surface area contributed by atoms with Crippen LogP contribution in [0.2, 0.25) is 10.0 Å². The van der Waals surface area contributed by atoms with E-state index in [9.17, 15) is 9.90 Å². The number of para-hydroxylation sites is 2. The highest BCUT2D eigenvalue weighted by Gasteiger charge is 2.20. The van der Waals surface area contributed by atoms with Gasteiger partial charge in [-0.1, -0.05) is 47.5 Å². The molecule has 0 aliphatic rings. The maximum Gasteiger partial charge on any atom is 0.337 e. The van der Waals surface area contributed by atoms with Gasteiger partial charge in [0.25, 0.3) is 0 Å². The van der Waals surface area contributed by atoms with Crippen LogP contribution >= 0.6 is 23.2 Å². The molecular formula is C14H11Cl2NO3. The molecular weight excluding hydrogens is 301 g/mol. The zero-order chi connectivity index (χ0) is 14.7. The molecule has 0 heterocycles. The standard InChI is InChI=1S/C14H11Cl2NO3/c15-9-5-3-6-10(16)12(9)17-11-7-2-1-4-8(11)13(18)14(19)20/h1-7,13,17-18H,(H,19,20). The third-order valence-electron chi connectivity index (χ3n) is 2.71. The number of nitrogens with one attached hydrogen (secondary N) is 1. The molecule has 2 aromatic carbocycles. The van der Waals surface area contributed by atoms with Crippen molar-refractivity contribution in [1.29, 1.82) is 0 Å². The number of aliphatic hydroxyl groups excluding tert-OH is 1. The van der Waals surface area contributed by atoms with Gasteiger partial charge in [0.05, 0.1) is 15.7 Å². The fraction of sp³-hybridized carbons (Fsp3) is 0.0714. The lowest BCUT2D eigenvalue weighted by molar-refractivity contribution is -0.146. The van der Waals surface area contributed by atoms with Gasteiger partial charge in [-0.05, 0) is 18.2 Å². The number of hydrogen-bond donors (Lipinski definition) is 3. The van der Waals surface area contributed by atoms with Crippen molar-refractivity contribution < 1.29 is 15.0 Å². The van der Waals surface area contributed by atoms with Crippen LogP contribution in [0.3, 0.4) is 0 Å². The summed E-state index contributed by atoms with van der Waals surface area (Å²) >= 11 is 12.1. The van der Waals surface area contributed by atoms with Gasteiger partial charge in [-0.25, -0.2) is 4.79 Å². The summed E-state index contributed by atoms with van der Waals surface area (Å²) in [5.41, 5.74) is 1.12. The molecule has 0 aromatic heterocycles. The molecule has 0 saturated heterocycles. The number of aliphatic carboxylic acids is 1. The minimum Gasteiger partial charge on any atom is -0.479 e. The molecule has 0 aliphatic heterocycles. The van der Waals surface area contributed by atoms with E-state index in [0.717, 1.165) is 0 Å². The van der Waals surface area contributed by atoms with Crippen molar-refractivity contribution in [3.63, 3.8) is 0 Å². The van der Waals surface area contributed by atoms with Crippen molar-refractivity contribution in [2.75, 3.05) is 5.32 Å². The van der Waals surface area contributed by atoms with Gasteiger partial charge in [0.2, 0.25) is 0 Å². The summed E-state index contributed by atoms with van der Waals surface area (Å²) in [6.07, 6.45) is -1.63. The first-order chi connectivity index (χ1) is 9.50. The highest BCUT2D eigenvalue weighted by Crippen LogP contribution is 2.34. The van der Waals surface area contributed by atoms with Gasteiger partial charge in [-0.3, -0.25) is 0 Å². The molecule has 3 N–H and O–H groups in total. The lowest BCUT2D eigenvalue weighted by Crippen LogP contribution is -2.12. The van der Waals surface area contributed by atoms with E-state index in [0.29, 0.717) is 21.4 Å². The van der Waals surface area contributed by atoms with Gasteiger partial charge in [-0.15, -0.1) is 0 Å². The highest BCUT2D eigenvalue weighted by molar-refractivity contribution is 6.39. The van der Waals surface area contributed by atoms with Crippen LogP contribution in [0.4, 0.5) is 11.4 Å². The number of carboxylic acids is 1. The SMILES string of the molecule is O=C(O)C(O)c1ccccc1Nc1c(Cl)cccc1Cl. The third-order valence-corrected chi connectivity index (χ3v) is 3.34. The van der Waals surface area contributed by atoms with Gasteiger partial charge in [0, 0.05) is 11.3 Å².